The van der Waals surface area contributed by atoms with Gasteiger partial charge in [0.05, 0.1) is 22.4 Å². The molecule has 0 fully saturated rings. The summed E-state index contributed by atoms with van der Waals surface area (Å²) in [5.74, 6) is 0. The fraction of sp³-hybridized carbons (Fsp3) is 0.462. The minimum atomic E-state index is -0.271. The molecule has 0 aliphatic rings. The van der Waals surface area contributed by atoms with Gasteiger partial charge in [-0.2, -0.15) is 0 Å². The van der Waals surface area contributed by atoms with Crippen LogP contribution in [0.4, 0.5) is 0 Å². The number of aliphatic hydroxyl groups excluding tert-OH is 1. The summed E-state index contributed by atoms with van der Waals surface area (Å²) in [5, 5.41) is 13.9. The predicted octanol–water partition coefficient (Wildman–Crippen LogP) is 2.72. The van der Waals surface area contributed by atoms with E-state index in [4.69, 9.17) is 0 Å². The third-order valence-electron chi connectivity index (χ3n) is 2.81. The average Bonchev–Trinajstić information content (AvgIpc) is 2.79. The van der Waals surface area contributed by atoms with Gasteiger partial charge < -0.3 is 10.4 Å². The highest BCUT2D eigenvalue weighted by molar-refractivity contribution is 7.18. The highest BCUT2D eigenvalue weighted by Gasteiger charge is 2.11. The molecule has 0 bridgehead atoms. The highest BCUT2D eigenvalue weighted by atomic mass is 32.1. The number of para-hydroxylation sites is 1. The Balaban J connectivity index is 2.06. The number of benzene rings is 1. The number of aromatic nitrogens is 1. The Morgan fingerprint density at radius 1 is 1.41 bits per heavy atom. The average molecular weight is 250 g/mol. The van der Waals surface area contributed by atoms with Crippen LogP contribution < -0.4 is 5.32 Å². The van der Waals surface area contributed by atoms with Gasteiger partial charge in [0, 0.05) is 6.54 Å². The molecule has 17 heavy (non-hydrogen) atoms. The van der Waals surface area contributed by atoms with Crippen LogP contribution in [0.1, 0.15) is 31.3 Å². The molecule has 0 aliphatic heterocycles. The van der Waals surface area contributed by atoms with Crippen LogP contribution in [0.15, 0.2) is 24.3 Å². The maximum Gasteiger partial charge on any atom is 0.111 e. The molecule has 0 saturated heterocycles. The Kier molecular flexibility index (Phi) is 4.10. The van der Waals surface area contributed by atoms with E-state index in [0.29, 0.717) is 6.54 Å². The number of fused-ring (bicyclic) bond motifs is 1. The van der Waals surface area contributed by atoms with E-state index in [1.807, 2.05) is 25.1 Å². The Labute approximate surface area is 106 Å². The molecule has 3 nitrogen and oxygen atoms in total. The first-order chi connectivity index (χ1) is 8.20. The SMILES string of the molecule is CCC(O)CNC(C)c1nc2ccccc2s1. The summed E-state index contributed by atoms with van der Waals surface area (Å²) in [4.78, 5) is 4.59. The van der Waals surface area contributed by atoms with Gasteiger partial charge in [-0.3, -0.25) is 0 Å². The Morgan fingerprint density at radius 2 is 2.18 bits per heavy atom. The third-order valence-corrected chi connectivity index (χ3v) is 4.03. The van der Waals surface area contributed by atoms with Gasteiger partial charge in [0.15, 0.2) is 0 Å². The van der Waals surface area contributed by atoms with Crippen molar-refractivity contribution in [3.8, 4) is 0 Å². The standard InChI is InChI=1S/C13H18N2OS/c1-3-10(16)8-14-9(2)13-15-11-6-4-5-7-12(11)17-13/h4-7,9-10,14,16H,3,8H2,1-2H3. The van der Waals surface area contributed by atoms with Crippen molar-refractivity contribution in [3.63, 3.8) is 0 Å². The van der Waals surface area contributed by atoms with Crippen molar-refractivity contribution in [2.45, 2.75) is 32.4 Å². The first-order valence-electron chi connectivity index (χ1n) is 5.97. The summed E-state index contributed by atoms with van der Waals surface area (Å²) in [6.45, 7) is 4.68. The van der Waals surface area contributed by atoms with Gasteiger partial charge in [-0.05, 0) is 25.5 Å². The fourth-order valence-electron chi connectivity index (χ4n) is 1.62. The van der Waals surface area contributed by atoms with Crippen LogP contribution in [0.25, 0.3) is 10.2 Å². The van der Waals surface area contributed by atoms with Gasteiger partial charge >= 0.3 is 0 Å². The summed E-state index contributed by atoms with van der Waals surface area (Å²) in [6, 6.07) is 8.34. The van der Waals surface area contributed by atoms with Gasteiger partial charge in [0.25, 0.3) is 0 Å². The van der Waals surface area contributed by atoms with Crippen molar-refractivity contribution in [2.24, 2.45) is 0 Å². The zero-order chi connectivity index (χ0) is 12.3. The fourth-order valence-corrected chi connectivity index (χ4v) is 2.61. The molecule has 2 N–H and O–H groups in total. The van der Waals surface area contributed by atoms with Gasteiger partial charge in [-0.25, -0.2) is 4.98 Å². The van der Waals surface area contributed by atoms with Crippen LogP contribution in [0, 0.1) is 0 Å². The van der Waals surface area contributed by atoms with E-state index in [0.717, 1.165) is 16.9 Å². The minimum absolute atomic E-state index is 0.189. The van der Waals surface area contributed by atoms with Gasteiger partial charge in [0.2, 0.25) is 0 Å². The number of thiazole rings is 1. The molecule has 1 heterocycles. The predicted molar refractivity (Wildman–Crippen MR) is 72.3 cm³/mol. The number of nitrogens with one attached hydrogen (secondary N) is 1. The molecule has 0 amide bonds. The molecule has 2 atom stereocenters. The molecule has 4 heteroatoms. The van der Waals surface area contributed by atoms with Crippen LogP contribution >= 0.6 is 11.3 Å². The number of rotatable bonds is 5. The van der Waals surface area contributed by atoms with Gasteiger partial charge in [0.1, 0.15) is 5.01 Å². The van der Waals surface area contributed by atoms with Crippen molar-refractivity contribution in [1.82, 2.24) is 10.3 Å². The Morgan fingerprint density at radius 3 is 2.88 bits per heavy atom. The first-order valence-corrected chi connectivity index (χ1v) is 6.79. The maximum atomic E-state index is 9.51. The van der Waals surface area contributed by atoms with Gasteiger partial charge in [-0.15, -0.1) is 11.3 Å². The second-order valence-electron chi connectivity index (χ2n) is 4.21. The molecule has 2 aromatic rings. The summed E-state index contributed by atoms with van der Waals surface area (Å²) in [5.41, 5.74) is 1.05. The van der Waals surface area contributed by atoms with Gasteiger partial charge in [-0.1, -0.05) is 19.1 Å². The summed E-state index contributed by atoms with van der Waals surface area (Å²) < 4.78 is 1.21. The largest absolute Gasteiger partial charge is 0.392 e. The van der Waals surface area contributed by atoms with Crippen LogP contribution in [0.3, 0.4) is 0 Å². The molecule has 1 aromatic heterocycles. The maximum absolute atomic E-state index is 9.51. The van der Waals surface area contributed by atoms with E-state index in [-0.39, 0.29) is 12.1 Å². The third kappa shape index (κ3) is 3.03. The number of nitrogens with zero attached hydrogens (tertiary/aromatic N) is 1. The van der Waals surface area contributed by atoms with Crippen molar-refractivity contribution >= 4 is 21.6 Å². The van der Waals surface area contributed by atoms with Crippen LogP contribution in [0.2, 0.25) is 0 Å². The van der Waals surface area contributed by atoms with E-state index in [2.05, 4.69) is 23.3 Å². The lowest BCUT2D eigenvalue weighted by Gasteiger charge is -2.13. The molecule has 0 radical (unpaired) electrons. The zero-order valence-corrected chi connectivity index (χ0v) is 11.0. The monoisotopic (exact) mass is 250 g/mol. The Hall–Kier alpha value is -0.970. The molecule has 1 aromatic carbocycles. The minimum Gasteiger partial charge on any atom is -0.392 e. The molecule has 2 unspecified atom stereocenters. The summed E-state index contributed by atoms with van der Waals surface area (Å²) in [6.07, 6.45) is 0.506. The topological polar surface area (TPSA) is 45.1 Å². The van der Waals surface area contributed by atoms with E-state index in [1.165, 1.54) is 4.70 Å². The van der Waals surface area contributed by atoms with Crippen LogP contribution in [0.5, 0.6) is 0 Å². The lowest BCUT2D eigenvalue weighted by Crippen LogP contribution is -2.28. The summed E-state index contributed by atoms with van der Waals surface area (Å²) >= 11 is 1.71. The van der Waals surface area contributed by atoms with Crippen LogP contribution in [-0.4, -0.2) is 22.7 Å². The van der Waals surface area contributed by atoms with E-state index in [9.17, 15) is 5.11 Å². The van der Waals surface area contributed by atoms with E-state index >= 15 is 0 Å². The second kappa shape index (κ2) is 5.58. The normalized spacial score (nSPS) is 15.0. The smallest absolute Gasteiger partial charge is 0.111 e. The van der Waals surface area contributed by atoms with E-state index in [1.54, 1.807) is 11.3 Å². The number of hydrogen-bond donors (Lipinski definition) is 2. The van der Waals surface area contributed by atoms with Crippen molar-refractivity contribution in [1.29, 1.82) is 0 Å². The lowest BCUT2D eigenvalue weighted by molar-refractivity contribution is 0.164. The Bertz CT molecular complexity index is 450. The second-order valence-corrected chi connectivity index (χ2v) is 5.27. The first kappa shape index (κ1) is 12.5. The van der Waals surface area contributed by atoms with Crippen molar-refractivity contribution in [2.75, 3.05) is 6.54 Å². The molecule has 0 spiro atoms. The summed E-state index contributed by atoms with van der Waals surface area (Å²) in [7, 11) is 0. The molecule has 92 valence electrons. The quantitative estimate of drug-likeness (QED) is 0.857. The lowest BCUT2D eigenvalue weighted by atomic mass is 10.2. The van der Waals surface area contributed by atoms with E-state index < -0.39 is 0 Å². The van der Waals surface area contributed by atoms with Crippen molar-refractivity contribution < 1.29 is 5.11 Å². The molecule has 0 aliphatic carbocycles. The molecular weight excluding hydrogens is 232 g/mol. The highest BCUT2D eigenvalue weighted by Crippen LogP contribution is 2.25. The molecule has 0 saturated carbocycles. The van der Waals surface area contributed by atoms with Crippen molar-refractivity contribution in [3.05, 3.63) is 29.3 Å². The molecular formula is C13H18N2OS. The number of hydrogen-bond acceptors (Lipinski definition) is 4. The number of aliphatic hydroxyl groups is 1. The van der Waals surface area contributed by atoms with Crippen LogP contribution in [-0.2, 0) is 0 Å². The molecule has 2 rings (SSSR count). The zero-order valence-electron chi connectivity index (χ0n) is 10.2.